The molecule has 0 fully saturated rings. The molecule has 0 heterocycles. The van der Waals surface area contributed by atoms with E-state index < -0.39 is 0 Å². The highest BCUT2D eigenvalue weighted by Crippen LogP contribution is 2.27. The maximum absolute atomic E-state index is 12.0. The van der Waals surface area contributed by atoms with E-state index in [2.05, 4.69) is 10.6 Å². The minimum absolute atomic E-state index is 0.104. The summed E-state index contributed by atoms with van der Waals surface area (Å²) in [6.07, 6.45) is 0. The molecule has 0 aliphatic carbocycles. The molecule has 0 saturated carbocycles. The van der Waals surface area contributed by atoms with E-state index in [9.17, 15) is 4.79 Å². The van der Waals surface area contributed by atoms with E-state index in [1.807, 2.05) is 42.5 Å². The Labute approximate surface area is 141 Å². The number of anilines is 1. The number of carbonyl (C=O) groups is 1. The topological polar surface area (TPSA) is 68.8 Å². The van der Waals surface area contributed by atoms with Crippen LogP contribution in [0.25, 0.3) is 0 Å². The fraction of sp³-hybridized carbons (Fsp3) is 0.278. The van der Waals surface area contributed by atoms with Gasteiger partial charge in [0.25, 0.3) is 0 Å². The summed E-state index contributed by atoms with van der Waals surface area (Å²) in [4.78, 5) is 12.0. The second-order valence-electron chi connectivity index (χ2n) is 5.05. The summed E-state index contributed by atoms with van der Waals surface area (Å²) in [5.41, 5.74) is 1.76. The van der Waals surface area contributed by atoms with E-state index in [0.717, 1.165) is 17.0 Å². The van der Waals surface area contributed by atoms with Crippen molar-refractivity contribution in [2.75, 3.05) is 33.2 Å². The van der Waals surface area contributed by atoms with Crippen molar-refractivity contribution in [1.82, 2.24) is 5.32 Å². The highest BCUT2D eigenvalue weighted by Gasteiger charge is 2.06. The smallest absolute Gasteiger partial charge is 0.239 e. The molecule has 0 aromatic heterocycles. The Morgan fingerprint density at radius 2 is 1.75 bits per heavy atom. The van der Waals surface area contributed by atoms with Gasteiger partial charge in [0, 0.05) is 18.3 Å². The Kier molecular flexibility index (Phi) is 6.31. The van der Waals surface area contributed by atoms with Gasteiger partial charge in [-0.25, -0.2) is 0 Å². The lowest BCUT2D eigenvalue weighted by atomic mass is 10.2. The standard InChI is InChI=1S/C18H22N2O4/c1-22-15-6-4-5-14(10-15)19-12-18(21)20-11-13-7-8-16(23-2)17(9-13)24-3/h4-10,19H,11-12H2,1-3H3,(H,20,21). The fourth-order valence-electron chi connectivity index (χ4n) is 2.17. The number of hydrogen-bond donors (Lipinski definition) is 2. The largest absolute Gasteiger partial charge is 0.497 e. The van der Waals surface area contributed by atoms with Crippen LogP contribution in [0.1, 0.15) is 5.56 Å². The van der Waals surface area contributed by atoms with Gasteiger partial charge in [0.05, 0.1) is 27.9 Å². The van der Waals surface area contributed by atoms with E-state index >= 15 is 0 Å². The summed E-state index contributed by atoms with van der Waals surface area (Å²) >= 11 is 0. The molecule has 0 radical (unpaired) electrons. The van der Waals surface area contributed by atoms with Gasteiger partial charge in [0.15, 0.2) is 11.5 Å². The first-order valence-electron chi connectivity index (χ1n) is 7.51. The van der Waals surface area contributed by atoms with Crippen molar-refractivity contribution in [2.24, 2.45) is 0 Å². The summed E-state index contributed by atoms with van der Waals surface area (Å²) < 4.78 is 15.6. The molecule has 24 heavy (non-hydrogen) atoms. The van der Waals surface area contributed by atoms with Gasteiger partial charge in [-0.1, -0.05) is 12.1 Å². The third-order valence-corrected chi connectivity index (χ3v) is 3.46. The maximum Gasteiger partial charge on any atom is 0.239 e. The van der Waals surface area contributed by atoms with Gasteiger partial charge < -0.3 is 24.8 Å². The highest BCUT2D eigenvalue weighted by molar-refractivity contribution is 5.80. The third kappa shape index (κ3) is 4.81. The van der Waals surface area contributed by atoms with Crippen molar-refractivity contribution < 1.29 is 19.0 Å². The Balaban J connectivity index is 1.84. The Morgan fingerprint density at radius 1 is 0.958 bits per heavy atom. The second kappa shape index (κ2) is 8.67. The van der Waals surface area contributed by atoms with Crippen LogP contribution in [0.4, 0.5) is 5.69 Å². The van der Waals surface area contributed by atoms with Crippen LogP contribution in [-0.2, 0) is 11.3 Å². The van der Waals surface area contributed by atoms with E-state index in [1.54, 1.807) is 21.3 Å². The number of nitrogens with one attached hydrogen (secondary N) is 2. The average Bonchev–Trinajstić information content (AvgIpc) is 2.64. The van der Waals surface area contributed by atoms with E-state index in [4.69, 9.17) is 14.2 Å². The van der Waals surface area contributed by atoms with E-state index in [1.165, 1.54) is 0 Å². The number of ether oxygens (including phenoxy) is 3. The number of amides is 1. The molecular weight excluding hydrogens is 308 g/mol. The van der Waals surface area contributed by atoms with Gasteiger partial charge in [-0.15, -0.1) is 0 Å². The molecule has 0 saturated heterocycles. The first-order valence-corrected chi connectivity index (χ1v) is 7.51. The number of rotatable bonds is 8. The molecule has 0 aliphatic rings. The van der Waals surface area contributed by atoms with Gasteiger partial charge in [0.1, 0.15) is 5.75 Å². The Bertz CT molecular complexity index is 688. The summed E-state index contributed by atoms with van der Waals surface area (Å²) in [6, 6.07) is 13.0. The first-order chi connectivity index (χ1) is 11.7. The third-order valence-electron chi connectivity index (χ3n) is 3.46. The van der Waals surface area contributed by atoms with Crippen molar-refractivity contribution in [3.8, 4) is 17.2 Å². The van der Waals surface area contributed by atoms with Gasteiger partial charge in [-0.2, -0.15) is 0 Å². The van der Waals surface area contributed by atoms with Crippen molar-refractivity contribution >= 4 is 11.6 Å². The minimum Gasteiger partial charge on any atom is -0.497 e. The van der Waals surface area contributed by atoms with Crippen molar-refractivity contribution in [3.63, 3.8) is 0 Å². The Hall–Kier alpha value is -2.89. The van der Waals surface area contributed by atoms with Crippen LogP contribution in [0, 0.1) is 0 Å². The van der Waals surface area contributed by atoms with Crippen molar-refractivity contribution in [3.05, 3.63) is 48.0 Å². The van der Waals surface area contributed by atoms with Crippen LogP contribution in [0.2, 0.25) is 0 Å². The molecule has 2 aromatic rings. The van der Waals surface area contributed by atoms with Crippen molar-refractivity contribution in [2.45, 2.75) is 6.54 Å². The minimum atomic E-state index is -0.104. The van der Waals surface area contributed by atoms with Crippen LogP contribution in [-0.4, -0.2) is 33.8 Å². The van der Waals surface area contributed by atoms with Crippen LogP contribution in [0.15, 0.2) is 42.5 Å². The van der Waals surface area contributed by atoms with Crippen LogP contribution in [0.5, 0.6) is 17.2 Å². The van der Waals surface area contributed by atoms with E-state index in [-0.39, 0.29) is 12.5 Å². The lowest BCUT2D eigenvalue weighted by Crippen LogP contribution is -2.29. The molecule has 0 atom stereocenters. The zero-order chi connectivity index (χ0) is 17.4. The predicted octanol–water partition coefficient (Wildman–Crippen LogP) is 2.44. The van der Waals surface area contributed by atoms with Crippen LogP contribution < -0.4 is 24.8 Å². The second-order valence-corrected chi connectivity index (χ2v) is 5.05. The highest BCUT2D eigenvalue weighted by atomic mass is 16.5. The quantitative estimate of drug-likeness (QED) is 0.778. The molecule has 2 aromatic carbocycles. The van der Waals surface area contributed by atoms with Crippen LogP contribution >= 0.6 is 0 Å². The summed E-state index contributed by atoms with van der Waals surface area (Å²) in [5, 5.41) is 5.92. The molecule has 128 valence electrons. The number of hydrogen-bond acceptors (Lipinski definition) is 5. The summed E-state index contributed by atoms with van der Waals surface area (Å²) in [7, 11) is 4.77. The molecule has 0 bridgehead atoms. The lowest BCUT2D eigenvalue weighted by Gasteiger charge is -2.11. The van der Waals surface area contributed by atoms with E-state index in [0.29, 0.717) is 18.0 Å². The normalized spacial score (nSPS) is 9.96. The van der Waals surface area contributed by atoms with Gasteiger partial charge in [0.2, 0.25) is 5.91 Å². The first kappa shape index (κ1) is 17.5. The molecule has 2 N–H and O–H groups in total. The monoisotopic (exact) mass is 330 g/mol. The lowest BCUT2D eigenvalue weighted by molar-refractivity contribution is -0.119. The SMILES string of the molecule is COc1cccc(NCC(=O)NCc2ccc(OC)c(OC)c2)c1. The molecule has 0 unspecified atom stereocenters. The molecule has 6 nitrogen and oxygen atoms in total. The molecule has 0 spiro atoms. The number of benzene rings is 2. The predicted molar refractivity (Wildman–Crippen MR) is 92.9 cm³/mol. The van der Waals surface area contributed by atoms with Gasteiger partial charge >= 0.3 is 0 Å². The molecule has 2 rings (SSSR count). The summed E-state index contributed by atoms with van der Waals surface area (Å²) in [5.74, 6) is 1.93. The summed E-state index contributed by atoms with van der Waals surface area (Å²) in [6.45, 7) is 0.597. The zero-order valence-electron chi connectivity index (χ0n) is 14.1. The number of methoxy groups -OCH3 is 3. The van der Waals surface area contributed by atoms with Gasteiger partial charge in [-0.3, -0.25) is 4.79 Å². The fourth-order valence-corrected chi connectivity index (χ4v) is 2.17. The molecule has 6 heteroatoms. The average molecular weight is 330 g/mol. The van der Waals surface area contributed by atoms with Gasteiger partial charge in [-0.05, 0) is 29.8 Å². The molecular formula is C18H22N2O4. The maximum atomic E-state index is 12.0. The van der Waals surface area contributed by atoms with Crippen molar-refractivity contribution in [1.29, 1.82) is 0 Å². The van der Waals surface area contributed by atoms with Crippen LogP contribution in [0.3, 0.4) is 0 Å². The number of carbonyl (C=O) groups excluding carboxylic acids is 1. The molecule has 0 aliphatic heterocycles. The Morgan fingerprint density at radius 3 is 2.46 bits per heavy atom. The zero-order valence-corrected chi connectivity index (χ0v) is 14.1. The molecule has 1 amide bonds.